The molecule has 11 heavy (non-hydrogen) atoms. The zero-order chi connectivity index (χ0) is 8.10. The van der Waals surface area contributed by atoms with Gasteiger partial charge in [0.1, 0.15) is 6.33 Å². The van der Waals surface area contributed by atoms with Gasteiger partial charge in [0.15, 0.2) is 5.16 Å². The molecule has 1 aromatic rings. The minimum Gasteiger partial charge on any atom is -0.254 e. The quantitative estimate of drug-likeness (QED) is 0.445. The van der Waals surface area contributed by atoms with Gasteiger partial charge in [-0.3, -0.25) is 5.10 Å². The van der Waals surface area contributed by atoms with Crippen LogP contribution < -0.4 is 0 Å². The normalized spacial score (nSPS) is 9.91. The molecule has 0 saturated heterocycles. The number of H-pyrrole nitrogens is 1. The summed E-state index contributed by atoms with van der Waals surface area (Å²) in [5, 5.41) is 7.24. The second-order valence-corrected chi connectivity index (χ2v) is 3.19. The average molecular weight is 190 g/mol. The van der Waals surface area contributed by atoms with Gasteiger partial charge in [0, 0.05) is 11.6 Å². The van der Waals surface area contributed by atoms with E-state index in [0.29, 0.717) is 5.88 Å². The molecule has 60 valence electrons. The Labute approximate surface area is 74.2 Å². The molecule has 1 N–H and O–H groups in total. The average Bonchev–Trinajstić information content (AvgIpc) is 2.52. The molecule has 0 saturated carbocycles. The van der Waals surface area contributed by atoms with Gasteiger partial charge < -0.3 is 0 Å². The van der Waals surface area contributed by atoms with Crippen molar-refractivity contribution in [1.29, 1.82) is 0 Å². The third kappa shape index (κ3) is 2.95. The van der Waals surface area contributed by atoms with Crippen LogP contribution >= 0.6 is 23.4 Å². The van der Waals surface area contributed by atoms with Crippen molar-refractivity contribution in [2.24, 2.45) is 0 Å². The van der Waals surface area contributed by atoms with Crippen LogP contribution in [0.5, 0.6) is 0 Å². The minimum absolute atomic E-state index is 0.501. The molecule has 0 aromatic carbocycles. The number of thioether (sulfide) groups is 1. The predicted octanol–water partition coefficient (Wildman–Crippen LogP) is 1.69. The highest BCUT2D eigenvalue weighted by atomic mass is 35.5. The van der Waals surface area contributed by atoms with Gasteiger partial charge in [0.2, 0.25) is 0 Å². The van der Waals surface area contributed by atoms with Crippen molar-refractivity contribution in [2.75, 3.05) is 11.6 Å². The molecule has 5 heteroatoms. The summed E-state index contributed by atoms with van der Waals surface area (Å²) >= 11 is 7.08. The number of hydrogen-bond acceptors (Lipinski definition) is 3. The summed E-state index contributed by atoms with van der Waals surface area (Å²) in [4.78, 5) is 3.93. The van der Waals surface area contributed by atoms with Crippen LogP contribution in [0.2, 0.25) is 0 Å². The second kappa shape index (κ2) is 4.41. The molecule has 0 fully saturated rings. The fraction of sp³-hybridized carbons (Fsp3) is 0.333. The lowest BCUT2D eigenvalue weighted by atomic mass is 10.4. The van der Waals surface area contributed by atoms with Crippen molar-refractivity contribution in [1.82, 2.24) is 15.2 Å². The van der Waals surface area contributed by atoms with Crippen LogP contribution in [0, 0.1) is 0 Å². The Kier molecular flexibility index (Phi) is 3.45. The number of nitrogens with zero attached hydrogens (tertiary/aromatic N) is 2. The van der Waals surface area contributed by atoms with Crippen LogP contribution in [0.25, 0.3) is 0 Å². The summed E-state index contributed by atoms with van der Waals surface area (Å²) in [6.45, 7) is 3.76. The summed E-state index contributed by atoms with van der Waals surface area (Å²) in [6, 6.07) is 0. The predicted molar refractivity (Wildman–Crippen MR) is 47.0 cm³/mol. The molecule has 0 bridgehead atoms. The molecule has 0 aliphatic heterocycles. The van der Waals surface area contributed by atoms with Gasteiger partial charge in [0.05, 0.1) is 0 Å². The van der Waals surface area contributed by atoms with Gasteiger partial charge in [-0.2, -0.15) is 5.10 Å². The Bertz CT molecular complexity index is 222. The number of nitrogens with one attached hydrogen (secondary N) is 1. The van der Waals surface area contributed by atoms with Crippen molar-refractivity contribution in [3.05, 3.63) is 18.5 Å². The van der Waals surface area contributed by atoms with E-state index in [-0.39, 0.29) is 0 Å². The number of rotatable bonds is 4. The van der Waals surface area contributed by atoms with Gasteiger partial charge in [-0.25, -0.2) is 4.98 Å². The molecule has 1 rings (SSSR count). The Morgan fingerprint density at radius 2 is 2.64 bits per heavy atom. The molecule has 0 unspecified atom stereocenters. The third-order valence-corrected chi connectivity index (χ3v) is 2.40. The van der Waals surface area contributed by atoms with E-state index in [4.69, 9.17) is 11.6 Å². The Morgan fingerprint density at radius 1 is 1.82 bits per heavy atom. The molecule has 0 aliphatic carbocycles. The van der Waals surface area contributed by atoms with E-state index in [0.717, 1.165) is 16.5 Å². The molecule has 0 radical (unpaired) electrons. The van der Waals surface area contributed by atoms with E-state index in [1.165, 1.54) is 6.33 Å². The highest BCUT2D eigenvalue weighted by Gasteiger charge is 1.97. The van der Waals surface area contributed by atoms with E-state index in [2.05, 4.69) is 21.8 Å². The van der Waals surface area contributed by atoms with Crippen LogP contribution in [-0.4, -0.2) is 26.8 Å². The zero-order valence-corrected chi connectivity index (χ0v) is 7.45. The Balaban J connectivity index is 2.29. The van der Waals surface area contributed by atoms with Crippen molar-refractivity contribution >= 4 is 23.4 Å². The van der Waals surface area contributed by atoms with E-state index in [1.807, 2.05) is 0 Å². The lowest BCUT2D eigenvalue weighted by Gasteiger charge is -1.96. The van der Waals surface area contributed by atoms with Gasteiger partial charge in [-0.15, -0.1) is 11.6 Å². The summed E-state index contributed by atoms with van der Waals surface area (Å²) in [7, 11) is 0. The minimum atomic E-state index is 0.501. The molecular formula is C6H8ClN3S. The maximum absolute atomic E-state index is 5.53. The molecule has 3 nitrogen and oxygen atoms in total. The first kappa shape index (κ1) is 8.62. The Hall–Kier alpha value is -0.480. The molecule has 0 aliphatic rings. The molecular weight excluding hydrogens is 182 g/mol. The molecule has 0 atom stereocenters. The Morgan fingerprint density at radius 3 is 3.18 bits per heavy atom. The maximum atomic E-state index is 5.53. The zero-order valence-electron chi connectivity index (χ0n) is 5.88. The second-order valence-electron chi connectivity index (χ2n) is 1.96. The van der Waals surface area contributed by atoms with Crippen molar-refractivity contribution in [3.63, 3.8) is 0 Å². The number of alkyl halides is 1. The van der Waals surface area contributed by atoms with E-state index in [1.54, 1.807) is 11.8 Å². The van der Waals surface area contributed by atoms with Crippen molar-refractivity contribution in [2.45, 2.75) is 5.16 Å². The first-order valence-electron chi connectivity index (χ1n) is 3.03. The third-order valence-electron chi connectivity index (χ3n) is 0.995. The highest BCUT2D eigenvalue weighted by molar-refractivity contribution is 7.99. The molecule has 0 spiro atoms. The molecule has 0 amide bonds. The van der Waals surface area contributed by atoms with Gasteiger partial charge in [-0.05, 0) is 0 Å². The fourth-order valence-corrected chi connectivity index (χ4v) is 1.36. The summed E-state index contributed by atoms with van der Waals surface area (Å²) < 4.78 is 0. The van der Waals surface area contributed by atoms with Crippen molar-refractivity contribution in [3.8, 4) is 0 Å². The number of halogens is 1. The standard InChI is InChI=1S/C6H8ClN3S/c1-5(2-7)3-11-6-8-4-9-10-6/h4H,1-3H2,(H,8,9,10). The topological polar surface area (TPSA) is 41.6 Å². The number of aromatic amines is 1. The lowest BCUT2D eigenvalue weighted by Crippen LogP contribution is -1.87. The summed E-state index contributed by atoms with van der Waals surface area (Å²) in [5.74, 6) is 1.29. The SMILES string of the molecule is C=C(CCl)CSc1ncn[nH]1. The monoisotopic (exact) mass is 189 g/mol. The summed E-state index contributed by atoms with van der Waals surface area (Å²) in [5.41, 5.74) is 0.994. The van der Waals surface area contributed by atoms with Crippen LogP contribution in [0.3, 0.4) is 0 Å². The van der Waals surface area contributed by atoms with Crippen LogP contribution in [0.15, 0.2) is 23.6 Å². The van der Waals surface area contributed by atoms with E-state index >= 15 is 0 Å². The largest absolute Gasteiger partial charge is 0.254 e. The summed E-state index contributed by atoms with van der Waals surface area (Å²) in [6.07, 6.45) is 1.48. The maximum Gasteiger partial charge on any atom is 0.183 e. The van der Waals surface area contributed by atoms with Crippen LogP contribution in [0.1, 0.15) is 0 Å². The van der Waals surface area contributed by atoms with Crippen LogP contribution in [0.4, 0.5) is 0 Å². The van der Waals surface area contributed by atoms with Crippen molar-refractivity contribution < 1.29 is 0 Å². The smallest absolute Gasteiger partial charge is 0.183 e. The first-order valence-corrected chi connectivity index (χ1v) is 4.55. The van der Waals surface area contributed by atoms with Gasteiger partial charge in [-0.1, -0.05) is 23.9 Å². The molecule has 1 heterocycles. The highest BCUT2D eigenvalue weighted by Crippen LogP contribution is 2.14. The number of hydrogen-bond donors (Lipinski definition) is 1. The van der Waals surface area contributed by atoms with E-state index < -0.39 is 0 Å². The fourth-order valence-electron chi connectivity index (χ4n) is 0.473. The van der Waals surface area contributed by atoms with Crippen LogP contribution in [-0.2, 0) is 0 Å². The van der Waals surface area contributed by atoms with Gasteiger partial charge in [0.25, 0.3) is 0 Å². The number of aromatic nitrogens is 3. The lowest BCUT2D eigenvalue weighted by molar-refractivity contribution is 0.974. The van der Waals surface area contributed by atoms with E-state index in [9.17, 15) is 0 Å². The first-order chi connectivity index (χ1) is 5.33. The van der Waals surface area contributed by atoms with Gasteiger partial charge >= 0.3 is 0 Å². The molecule has 1 aromatic heterocycles.